The van der Waals surface area contributed by atoms with Gasteiger partial charge in [0, 0.05) is 53.3 Å². The number of halogens is 2. The zero-order valence-electron chi connectivity index (χ0n) is 16.1. The maximum absolute atomic E-state index is 13.7. The molecule has 5 nitrogen and oxygen atoms in total. The number of ether oxygens (including phenoxy) is 2. The maximum atomic E-state index is 13.7. The number of nitrogens with zero attached hydrogens (tertiary/aromatic N) is 1. The van der Waals surface area contributed by atoms with Crippen molar-refractivity contribution in [1.82, 2.24) is 4.57 Å². The summed E-state index contributed by atoms with van der Waals surface area (Å²) < 4.78 is 26.5. The molecule has 0 saturated heterocycles. The Morgan fingerprint density at radius 3 is 2.71 bits per heavy atom. The van der Waals surface area contributed by atoms with E-state index in [2.05, 4.69) is 15.9 Å². The summed E-state index contributed by atoms with van der Waals surface area (Å²) in [5.74, 6) is -1.44. The van der Waals surface area contributed by atoms with Crippen molar-refractivity contribution < 1.29 is 23.5 Å². The van der Waals surface area contributed by atoms with E-state index in [0.717, 1.165) is 30.4 Å². The van der Waals surface area contributed by atoms with Crippen LogP contribution >= 0.6 is 15.9 Å². The third-order valence-corrected chi connectivity index (χ3v) is 4.80. The van der Waals surface area contributed by atoms with E-state index in [1.807, 2.05) is 18.4 Å². The molecule has 1 heterocycles. The number of hydrogen-bond donors (Lipinski definition) is 0. The van der Waals surface area contributed by atoms with E-state index in [-0.39, 0.29) is 18.0 Å². The summed E-state index contributed by atoms with van der Waals surface area (Å²) in [6.07, 6.45) is 3.26. The van der Waals surface area contributed by atoms with Crippen molar-refractivity contribution in [2.24, 2.45) is 0 Å². The lowest BCUT2D eigenvalue weighted by atomic mass is 10.1. The standard InChI is InChI=1S/C21H23BrFNO4/c1-14-11-18(15(2)24(14)9-4-10-27-3)20(25)13-28-21(26)8-5-16-12-17(22)6-7-19(16)23/h5-8,11-12H,4,9-10,13H2,1-3H3/b8-5+. The molecule has 0 atom stereocenters. The van der Waals surface area contributed by atoms with Crippen LogP contribution in [-0.4, -0.2) is 36.6 Å². The average Bonchev–Trinajstić information content (AvgIpc) is 2.95. The molecule has 0 unspecified atom stereocenters. The van der Waals surface area contributed by atoms with Crippen molar-refractivity contribution in [2.45, 2.75) is 26.8 Å². The molecular formula is C21H23BrFNO4. The summed E-state index contributed by atoms with van der Waals surface area (Å²) >= 11 is 3.24. The average molecular weight is 452 g/mol. The number of rotatable bonds is 9. The maximum Gasteiger partial charge on any atom is 0.331 e. The Hall–Kier alpha value is -2.25. The molecule has 2 rings (SSSR count). The first-order valence-electron chi connectivity index (χ1n) is 8.82. The minimum absolute atomic E-state index is 0.247. The number of benzene rings is 1. The van der Waals surface area contributed by atoms with Gasteiger partial charge in [-0.15, -0.1) is 0 Å². The molecule has 0 aliphatic rings. The minimum Gasteiger partial charge on any atom is -0.454 e. The quantitative estimate of drug-likeness (QED) is 0.244. The van der Waals surface area contributed by atoms with Crippen LogP contribution in [0.5, 0.6) is 0 Å². The number of ketones is 1. The summed E-state index contributed by atoms with van der Waals surface area (Å²) in [6.45, 7) is 4.82. The van der Waals surface area contributed by atoms with Crippen molar-refractivity contribution in [3.05, 3.63) is 63.1 Å². The Labute approximate surface area is 172 Å². The largest absolute Gasteiger partial charge is 0.454 e. The molecule has 7 heteroatoms. The number of esters is 1. The highest BCUT2D eigenvalue weighted by atomic mass is 79.9. The molecule has 1 aromatic heterocycles. The lowest BCUT2D eigenvalue weighted by Crippen LogP contribution is -2.14. The first kappa shape index (κ1) is 22.0. The predicted molar refractivity (Wildman–Crippen MR) is 109 cm³/mol. The molecule has 0 saturated carbocycles. The van der Waals surface area contributed by atoms with Gasteiger partial charge < -0.3 is 14.0 Å². The number of hydrogen-bond acceptors (Lipinski definition) is 4. The fourth-order valence-corrected chi connectivity index (χ4v) is 3.24. The highest BCUT2D eigenvalue weighted by molar-refractivity contribution is 9.10. The molecule has 0 amide bonds. The Bertz CT molecular complexity index is 889. The number of methoxy groups -OCH3 is 1. The van der Waals surface area contributed by atoms with Crippen molar-refractivity contribution in [3.8, 4) is 0 Å². The molecule has 150 valence electrons. The number of carbonyl (C=O) groups excluding carboxylic acids is 2. The lowest BCUT2D eigenvalue weighted by Gasteiger charge is -2.09. The lowest BCUT2D eigenvalue weighted by molar-refractivity contribution is -0.136. The summed E-state index contributed by atoms with van der Waals surface area (Å²) in [5.41, 5.74) is 2.58. The van der Waals surface area contributed by atoms with Crippen molar-refractivity contribution in [2.75, 3.05) is 20.3 Å². The summed E-state index contributed by atoms with van der Waals surface area (Å²) in [7, 11) is 1.65. The van der Waals surface area contributed by atoms with Crippen LogP contribution in [0.25, 0.3) is 6.08 Å². The van der Waals surface area contributed by atoms with Gasteiger partial charge >= 0.3 is 5.97 Å². The molecule has 0 N–H and O–H groups in total. The summed E-state index contributed by atoms with van der Waals surface area (Å²) in [5, 5.41) is 0. The van der Waals surface area contributed by atoms with Crippen molar-refractivity contribution in [1.29, 1.82) is 0 Å². The van der Waals surface area contributed by atoms with Crippen molar-refractivity contribution >= 4 is 33.8 Å². The first-order chi connectivity index (χ1) is 13.3. The molecule has 0 fully saturated rings. The number of Topliss-reactive ketones (excluding diaryl/α,β-unsaturated/α-hetero) is 1. The van der Waals surface area contributed by atoms with Crippen LogP contribution in [0.1, 0.15) is 33.7 Å². The SMILES string of the molecule is COCCCn1c(C)cc(C(=O)COC(=O)/C=C/c2cc(Br)ccc2F)c1C. The third-order valence-electron chi connectivity index (χ3n) is 4.31. The molecule has 0 radical (unpaired) electrons. The second kappa shape index (κ2) is 10.3. The van der Waals surface area contributed by atoms with Crippen LogP contribution in [-0.2, 0) is 20.8 Å². The summed E-state index contributed by atoms with van der Waals surface area (Å²) in [6, 6.07) is 6.20. The Morgan fingerprint density at radius 1 is 1.25 bits per heavy atom. The second-order valence-electron chi connectivity index (χ2n) is 6.31. The normalized spacial score (nSPS) is 11.2. The van der Waals surface area contributed by atoms with Crippen LogP contribution < -0.4 is 0 Å². The van der Waals surface area contributed by atoms with Gasteiger partial charge in [0.15, 0.2) is 6.61 Å². The summed E-state index contributed by atoms with van der Waals surface area (Å²) in [4.78, 5) is 24.3. The zero-order chi connectivity index (χ0) is 20.7. The molecular weight excluding hydrogens is 429 g/mol. The van der Waals surface area contributed by atoms with Crippen LogP contribution in [0, 0.1) is 19.7 Å². The minimum atomic E-state index is -0.707. The molecule has 0 aliphatic heterocycles. The van der Waals surface area contributed by atoms with E-state index < -0.39 is 11.8 Å². The number of aryl methyl sites for hydroxylation is 1. The van der Waals surface area contributed by atoms with Gasteiger partial charge in [-0.25, -0.2) is 9.18 Å². The van der Waals surface area contributed by atoms with Gasteiger partial charge in [0.2, 0.25) is 5.78 Å². The number of aromatic nitrogens is 1. The van der Waals surface area contributed by atoms with Crippen LogP contribution in [0.3, 0.4) is 0 Å². The Morgan fingerprint density at radius 2 is 2.00 bits per heavy atom. The van der Waals surface area contributed by atoms with Gasteiger partial charge in [0.1, 0.15) is 5.82 Å². The second-order valence-corrected chi connectivity index (χ2v) is 7.23. The van der Waals surface area contributed by atoms with Crippen molar-refractivity contribution in [3.63, 3.8) is 0 Å². The van der Waals surface area contributed by atoms with Gasteiger partial charge in [-0.2, -0.15) is 0 Å². The van der Waals surface area contributed by atoms with E-state index in [9.17, 15) is 14.0 Å². The molecule has 0 spiro atoms. The van der Waals surface area contributed by atoms with Crippen LogP contribution in [0.4, 0.5) is 4.39 Å². The van der Waals surface area contributed by atoms with Gasteiger partial charge in [0.25, 0.3) is 0 Å². The fourth-order valence-electron chi connectivity index (χ4n) is 2.86. The Kier molecular flexibility index (Phi) is 8.14. The van der Waals surface area contributed by atoms with E-state index >= 15 is 0 Å². The topological polar surface area (TPSA) is 57.5 Å². The zero-order valence-corrected chi connectivity index (χ0v) is 17.7. The molecule has 0 bridgehead atoms. The van der Waals surface area contributed by atoms with Gasteiger partial charge in [0.05, 0.1) is 0 Å². The van der Waals surface area contributed by atoms with E-state index in [1.54, 1.807) is 25.3 Å². The number of carbonyl (C=O) groups is 2. The van der Waals surface area contributed by atoms with Crippen LogP contribution in [0.2, 0.25) is 0 Å². The fraction of sp³-hybridized carbons (Fsp3) is 0.333. The van der Waals surface area contributed by atoms with Gasteiger partial charge in [-0.05, 0) is 50.6 Å². The van der Waals surface area contributed by atoms with Gasteiger partial charge in [-0.1, -0.05) is 15.9 Å². The Balaban J connectivity index is 1.96. The molecule has 2 aromatic rings. The predicted octanol–water partition coefficient (Wildman–Crippen LogP) is 4.48. The molecule has 1 aromatic carbocycles. The van der Waals surface area contributed by atoms with E-state index in [1.165, 1.54) is 12.1 Å². The highest BCUT2D eigenvalue weighted by Crippen LogP contribution is 2.18. The third kappa shape index (κ3) is 5.87. The first-order valence-corrected chi connectivity index (χ1v) is 9.61. The van der Waals surface area contributed by atoms with E-state index in [4.69, 9.17) is 9.47 Å². The smallest absolute Gasteiger partial charge is 0.331 e. The van der Waals surface area contributed by atoms with Crippen LogP contribution in [0.15, 0.2) is 34.8 Å². The molecule has 0 aliphatic carbocycles. The van der Waals surface area contributed by atoms with Gasteiger partial charge in [-0.3, -0.25) is 4.79 Å². The highest BCUT2D eigenvalue weighted by Gasteiger charge is 2.16. The molecule has 28 heavy (non-hydrogen) atoms. The monoisotopic (exact) mass is 451 g/mol. The van der Waals surface area contributed by atoms with E-state index in [0.29, 0.717) is 16.6 Å².